The van der Waals surface area contributed by atoms with Crippen molar-refractivity contribution >= 4 is 15.9 Å². The van der Waals surface area contributed by atoms with E-state index in [4.69, 9.17) is 9.88 Å². The molecule has 0 saturated heterocycles. The fraction of sp³-hybridized carbons (Fsp3) is 0.300. The molecule has 2 N–H and O–H groups in total. The second-order valence-electron chi connectivity index (χ2n) is 3.84. The van der Waals surface area contributed by atoms with Gasteiger partial charge in [0.05, 0.1) is 0 Å². The van der Waals surface area contributed by atoms with Crippen LogP contribution in [-0.2, 0) is 14.8 Å². The third kappa shape index (κ3) is 3.86. The van der Waals surface area contributed by atoms with Gasteiger partial charge in [-0.05, 0) is 6.07 Å². The summed E-state index contributed by atoms with van der Waals surface area (Å²) >= 11 is 0. The second kappa shape index (κ2) is 5.49. The van der Waals surface area contributed by atoms with E-state index in [1.165, 1.54) is 14.1 Å². The van der Waals surface area contributed by atoms with Crippen LogP contribution in [0.2, 0.25) is 0 Å². The highest BCUT2D eigenvalue weighted by atomic mass is 32.2. The molecule has 19 heavy (non-hydrogen) atoms. The third-order valence-corrected chi connectivity index (χ3v) is 3.04. The van der Waals surface area contributed by atoms with Crippen molar-refractivity contribution in [3.63, 3.8) is 0 Å². The Bertz CT molecular complexity index is 602. The molecule has 1 amide bonds. The van der Waals surface area contributed by atoms with Crippen molar-refractivity contribution in [1.29, 1.82) is 0 Å². The van der Waals surface area contributed by atoms with Gasteiger partial charge in [0, 0.05) is 20.2 Å². The maximum atomic E-state index is 13.5. The molecule has 1 aromatic carbocycles. The van der Waals surface area contributed by atoms with Crippen LogP contribution in [0.3, 0.4) is 0 Å². The van der Waals surface area contributed by atoms with Gasteiger partial charge in [0.25, 0.3) is 5.91 Å². The van der Waals surface area contributed by atoms with Gasteiger partial charge in [0.1, 0.15) is 10.7 Å². The lowest BCUT2D eigenvalue weighted by Crippen LogP contribution is -2.28. The molecule has 0 bridgehead atoms. The average Bonchev–Trinajstić information content (AvgIpc) is 2.25. The first-order valence-electron chi connectivity index (χ1n) is 4.97. The molecule has 0 heterocycles. The van der Waals surface area contributed by atoms with Crippen molar-refractivity contribution < 1.29 is 26.7 Å². The summed E-state index contributed by atoms with van der Waals surface area (Å²) in [5.41, 5.74) is 0. The number of nitrogens with zero attached hydrogens (tertiary/aromatic N) is 1. The van der Waals surface area contributed by atoms with Crippen LogP contribution in [0, 0.1) is 11.6 Å². The van der Waals surface area contributed by atoms with E-state index in [0.717, 1.165) is 4.90 Å². The summed E-state index contributed by atoms with van der Waals surface area (Å²) in [4.78, 5) is 11.6. The van der Waals surface area contributed by atoms with Crippen molar-refractivity contribution in [2.75, 3.05) is 20.7 Å². The second-order valence-corrected chi connectivity index (χ2v) is 5.37. The Hall–Kier alpha value is -1.74. The van der Waals surface area contributed by atoms with Crippen LogP contribution in [-0.4, -0.2) is 39.9 Å². The number of nitrogens with two attached hydrogens (primary N) is 1. The molecule has 0 aromatic heterocycles. The molecule has 106 valence electrons. The molecule has 0 radical (unpaired) electrons. The van der Waals surface area contributed by atoms with Crippen LogP contribution in [0.25, 0.3) is 0 Å². The first kappa shape index (κ1) is 15.3. The summed E-state index contributed by atoms with van der Waals surface area (Å²) in [7, 11) is -1.50. The minimum Gasteiger partial charge on any atom is -0.479 e. The van der Waals surface area contributed by atoms with Crippen LogP contribution >= 0.6 is 0 Å². The third-order valence-electron chi connectivity index (χ3n) is 2.12. The zero-order valence-electron chi connectivity index (χ0n) is 10.2. The van der Waals surface area contributed by atoms with E-state index in [2.05, 4.69) is 0 Å². The number of carbonyl (C=O) groups is 1. The molecule has 0 unspecified atom stereocenters. The highest BCUT2D eigenvalue weighted by molar-refractivity contribution is 7.89. The van der Waals surface area contributed by atoms with E-state index in [9.17, 15) is 22.0 Å². The summed E-state index contributed by atoms with van der Waals surface area (Å²) in [5.74, 6) is -3.67. The van der Waals surface area contributed by atoms with Gasteiger partial charge in [-0.2, -0.15) is 0 Å². The van der Waals surface area contributed by atoms with Gasteiger partial charge in [-0.15, -0.1) is 0 Å². The lowest BCUT2D eigenvalue weighted by molar-refractivity contribution is -0.130. The summed E-state index contributed by atoms with van der Waals surface area (Å²) < 4.78 is 53.6. The van der Waals surface area contributed by atoms with Gasteiger partial charge in [0.2, 0.25) is 10.0 Å². The van der Waals surface area contributed by atoms with Crippen molar-refractivity contribution in [3.05, 3.63) is 23.8 Å². The van der Waals surface area contributed by atoms with Gasteiger partial charge >= 0.3 is 0 Å². The van der Waals surface area contributed by atoms with E-state index >= 15 is 0 Å². The fourth-order valence-corrected chi connectivity index (χ4v) is 1.84. The molecule has 0 atom stereocenters. The Labute approximate surface area is 108 Å². The number of rotatable bonds is 4. The lowest BCUT2D eigenvalue weighted by atomic mass is 10.3. The van der Waals surface area contributed by atoms with Gasteiger partial charge in [0.15, 0.2) is 18.2 Å². The molecule has 9 heteroatoms. The number of ether oxygens (including phenoxy) is 1. The van der Waals surface area contributed by atoms with Crippen molar-refractivity contribution in [1.82, 2.24) is 4.90 Å². The maximum Gasteiger partial charge on any atom is 0.259 e. The van der Waals surface area contributed by atoms with Crippen molar-refractivity contribution in [2.24, 2.45) is 5.14 Å². The zero-order chi connectivity index (χ0) is 14.8. The largest absolute Gasteiger partial charge is 0.479 e. The number of benzene rings is 1. The molecular formula is C10H12F2N2O4S. The zero-order valence-corrected chi connectivity index (χ0v) is 11.0. The highest BCUT2D eigenvalue weighted by Gasteiger charge is 2.22. The topological polar surface area (TPSA) is 89.7 Å². The normalized spacial score (nSPS) is 11.2. The van der Waals surface area contributed by atoms with E-state index in [0.29, 0.717) is 12.1 Å². The first-order valence-corrected chi connectivity index (χ1v) is 6.52. The minimum atomic E-state index is -4.38. The van der Waals surface area contributed by atoms with Crippen LogP contribution < -0.4 is 9.88 Å². The smallest absolute Gasteiger partial charge is 0.259 e. The Morgan fingerprint density at radius 1 is 1.37 bits per heavy atom. The molecule has 1 rings (SSSR count). The van der Waals surface area contributed by atoms with E-state index in [1.807, 2.05) is 0 Å². The monoisotopic (exact) mass is 294 g/mol. The van der Waals surface area contributed by atoms with E-state index in [-0.39, 0.29) is 0 Å². The number of amides is 1. The molecule has 0 spiro atoms. The Morgan fingerprint density at radius 3 is 2.42 bits per heavy atom. The first-order chi connectivity index (χ1) is 8.62. The lowest BCUT2D eigenvalue weighted by Gasteiger charge is -2.13. The number of likely N-dealkylation sites (N-methyl/N-ethyl adjacent to an activating group) is 1. The van der Waals surface area contributed by atoms with Gasteiger partial charge < -0.3 is 9.64 Å². The summed E-state index contributed by atoms with van der Waals surface area (Å²) in [6.45, 7) is -0.599. The molecule has 0 aliphatic rings. The average molecular weight is 294 g/mol. The quantitative estimate of drug-likeness (QED) is 0.851. The van der Waals surface area contributed by atoms with E-state index in [1.54, 1.807) is 0 Å². The van der Waals surface area contributed by atoms with Gasteiger partial charge in [-0.1, -0.05) is 0 Å². The van der Waals surface area contributed by atoms with Gasteiger partial charge in [-0.3, -0.25) is 4.79 Å². The Morgan fingerprint density at radius 2 is 1.95 bits per heavy atom. The summed E-state index contributed by atoms with van der Waals surface area (Å²) in [6, 6.07) is 0.956. The molecule has 0 fully saturated rings. The van der Waals surface area contributed by atoms with Crippen molar-refractivity contribution in [2.45, 2.75) is 4.90 Å². The van der Waals surface area contributed by atoms with Crippen LogP contribution in [0.5, 0.6) is 5.75 Å². The molecule has 0 aliphatic carbocycles. The molecule has 1 aromatic rings. The van der Waals surface area contributed by atoms with Crippen LogP contribution in [0.1, 0.15) is 0 Å². The van der Waals surface area contributed by atoms with Gasteiger partial charge in [-0.25, -0.2) is 22.3 Å². The molecular weight excluding hydrogens is 282 g/mol. The molecule has 0 saturated carbocycles. The van der Waals surface area contributed by atoms with Crippen molar-refractivity contribution in [3.8, 4) is 5.75 Å². The molecule has 0 aliphatic heterocycles. The Balaban J connectivity index is 3.16. The fourth-order valence-electron chi connectivity index (χ4n) is 1.15. The number of primary sulfonamides is 1. The van der Waals surface area contributed by atoms with Crippen LogP contribution in [0.15, 0.2) is 17.0 Å². The predicted octanol–water partition coefficient (Wildman–Crippen LogP) is 0.0792. The standard InChI is InChI=1S/C10H12F2N2O4S/c1-14(2)9(15)5-18-10-7(12)3-6(11)4-8(10)19(13,16)17/h3-4H,5H2,1-2H3,(H2,13,16,17). The number of hydrogen-bond acceptors (Lipinski definition) is 4. The number of halogens is 2. The summed E-state index contributed by atoms with van der Waals surface area (Å²) in [6.07, 6.45) is 0. The minimum absolute atomic E-state index is 0.435. The van der Waals surface area contributed by atoms with E-state index < -0.39 is 44.8 Å². The summed E-state index contributed by atoms with van der Waals surface area (Å²) in [5, 5.41) is 4.83. The Kier molecular flexibility index (Phi) is 4.43. The van der Waals surface area contributed by atoms with Crippen LogP contribution in [0.4, 0.5) is 8.78 Å². The maximum absolute atomic E-state index is 13.5. The number of hydrogen-bond donors (Lipinski definition) is 1. The molecule has 6 nitrogen and oxygen atoms in total. The predicted molar refractivity (Wildman–Crippen MR) is 61.9 cm³/mol. The number of sulfonamides is 1. The number of carbonyl (C=O) groups excluding carboxylic acids is 1. The highest BCUT2D eigenvalue weighted by Crippen LogP contribution is 2.27. The SMILES string of the molecule is CN(C)C(=O)COc1c(F)cc(F)cc1S(N)(=O)=O.